The topological polar surface area (TPSA) is 109 Å². The summed E-state index contributed by atoms with van der Waals surface area (Å²) in [5, 5.41) is 9.51. The van der Waals surface area contributed by atoms with Crippen LogP contribution in [0.4, 0.5) is 23.1 Å². The smallest absolute Gasteiger partial charge is 0.266 e. The summed E-state index contributed by atoms with van der Waals surface area (Å²) in [5.74, 6) is 2.11. The highest BCUT2D eigenvalue weighted by atomic mass is 16.5. The Morgan fingerprint density at radius 2 is 2.10 bits per heavy atom. The first-order valence-corrected chi connectivity index (χ1v) is 10.4. The highest BCUT2D eigenvalue weighted by Crippen LogP contribution is 2.35. The van der Waals surface area contributed by atoms with Crippen molar-refractivity contribution in [2.45, 2.75) is 38.3 Å². The van der Waals surface area contributed by atoms with Gasteiger partial charge in [0.2, 0.25) is 5.95 Å². The van der Waals surface area contributed by atoms with Crippen LogP contribution in [0.25, 0.3) is 0 Å². The van der Waals surface area contributed by atoms with E-state index in [9.17, 15) is 4.79 Å². The maximum absolute atomic E-state index is 12.1. The summed E-state index contributed by atoms with van der Waals surface area (Å²) in [6.45, 7) is 2.59. The van der Waals surface area contributed by atoms with E-state index >= 15 is 0 Å². The summed E-state index contributed by atoms with van der Waals surface area (Å²) >= 11 is 0. The Morgan fingerprint density at radius 1 is 1.23 bits per heavy atom. The molecule has 0 radical (unpaired) electrons. The lowest BCUT2D eigenvalue weighted by atomic mass is 10.2. The molecular formula is C21H24N8O2. The molecule has 3 N–H and O–H groups in total. The summed E-state index contributed by atoms with van der Waals surface area (Å²) in [6.07, 6.45) is 6.02. The summed E-state index contributed by atoms with van der Waals surface area (Å²) in [4.78, 5) is 21.2. The van der Waals surface area contributed by atoms with Crippen molar-refractivity contribution in [1.82, 2.24) is 25.3 Å². The van der Waals surface area contributed by atoms with Gasteiger partial charge in [-0.05, 0) is 56.5 Å². The quantitative estimate of drug-likeness (QED) is 0.554. The van der Waals surface area contributed by atoms with Gasteiger partial charge in [0.05, 0.1) is 24.5 Å². The minimum Gasteiger partial charge on any atom is -0.494 e. The van der Waals surface area contributed by atoms with Gasteiger partial charge in [-0.15, -0.1) is 5.53 Å². The van der Waals surface area contributed by atoms with Crippen LogP contribution in [0.15, 0.2) is 53.6 Å². The van der Waals surface area contributed by atoms with Crippen LogP contribution in [0.3, 0.4) is 0 Å². The molecule has 1 aromatic carbocycles. The number of benzene rings is 1. The number of ether oxygens (including phenoxy) is 1. The minimum absolute atomic E-state index is 0.0647. The lowest BCUT2D eigenvalue weighted by molar-refractivity contribution is 0.340. The molecule has 0 unspecified atom stereocenters. The molecule has 160 valence electrons. The standard InChI is InChI=1S/C21H24N8O2/c1-2-31-17-9-7-15(8-10-17)29-20-18(26-27-29)13-22-21(25-20)24-14-5-6-16(12-14)28-19(30)4-3-11-23-28/h3-4,7-11,13-14,16,26-27H,2,5-6,12H2,1H3,(H,22,24,25)/t14-,16-/m1/s1. The zero-order chi connectivity index (χ0) is 21.2. The molecule has 1 aliphatic carbocycles. The second kappa shape index (κ2) is 8.23. The van der Waals surface area contributed by atoms with Crippen LogP contribution < -0.4 is 31.6 Å². The molecule has 1 saturated carbocycles. The van der Waals surface area contributed by atoms with Crippen LogP contribution in [-0.2, 0) is 0 Å². The minimum atomic E-state index is -0.0647. The number of nitrogens with zero attached hydrogens (tertiary/aromatic N) is 5. The van der Waals surface area contributed by atoms with Gasteiger partial charge in [0.15, 0.2) is 5.82 Å². The van der Waals surface area contributed by atoms with Crippen molar-refractivity contribution < 1.29 is 4.74 Å². The van der Waals surface area contributed by atoms with Gasteiger partial charge in [0.1, 0.15) is 11.4 Å². The largest absolute Gasteiger partial charge is 0.494 e. The monoisotopic (exact) mass is 420 g/mol. The lowest BCUT2D eigenvalue weighted by Gasteiger charge is -2.18. The number of hydrogen-bond donors (Lipinski definition) is 3. The number of hydrazine groups is 2. The van der Waals surface area contributed by atoms with Gasteiger partial charge in [0.25, 0.3) is 5.56 Å². The van der Waals surface area contributed by atoms with Gasteiger partial charge < -0.3 is 10.1 Å². The second-order valence-electron chi connectivity index (χ2n) is 7.54. The van der Waals surface area contributed by atoms with Crippen molar-refractivity contribution in [1.29, 1.82) is 0 Å². The Bertz CT molecular complexity index is 1120. The number of fused-ring (bicyclic) bond motifs is 1. The molecule has 3 heterocycles. The number of rotatable bonds is 6. The molecule has 0 amide bonds. The Morgan fingerprint density at radius 3 is 2.90 bits per heavy atom. The average molecular weight is 420 g/mol. The summed E-state index contributed by atoms with van der Waals surface area (Å²) in [5.41, 5.74) is 7.86. The van der Waals surface area contributed by atoms with E-state index < -0.39 is 0 Å². The second-order valence-corrected chi connectivity index (χ2v) is 7.54. The van der Waals surface area contributed by atoms with Crippen LogP contribution >= 0.6 is 0 Å². The Hall–Kier alpha value is -3.66. The zero-order valence-electron chi connectivity index (χ0n) is 17.2. The SMILES string of the molecule is CCOc1ccc(N2NNc3cnc(N[C@@H]4CC[C@@H](n5ncccc5=O)C4)nc32)cc1. The highest BCUT2D eigenvalue weighted by molar-refractivity contribution is 5.76. The maximum Gasteiger partial charge on any atom is 0.266 e. The van der Waals surface area contributed by atoms with Gasteiger partial charge >= 0.3 is 0 Å². The fraction of sp³-hybridized carbons (Fsp3) is 0.333. The van der Waals surface area contributed by atoms with E-state index in [1.165, 1.54) is 0 Å². The molecule has 0 saturated heterocycles. The van der Waals surface area contributed by atoms with Crippen molar-refractivity contribution in [3.8, 4) is 5.75 Å². The third kappa shape index (κ3) is 3.89. The fourth-order valence-corrected chi connectivity index (χ4v) is 4.05. The molecule has 5 rings (SSSR count). The Kier molecular flexibility index (Phi) is 5.13. The molecule has 3 aromatic rings. The summed E-state index contributed by atoms with van der Waals surface area (Å²) in [6, 6.07) is 11.3. The van der Waals surface area contributed by atoms with Crippen molar-refractivity contribution in [2.24, 2.45) is 0 Å². The number of aromatic nitrogens is 4. The molecule has 10 nitrogen and oxygen atoms in total. The molecule has 2 atom stereocenters. The Labute approximate surface area is 179 Å². The van der Waals surface area contributed by atoms with E-state index in [0.717, 1.165) is 42.2 Å². The molecule has 0 bridgehead atoms. The van der Waals surface area contributed by atoms with Crippen LogP contribution in [0.2, 0.25) is 0 Å². The van der Waals surface area contributed by atoms with Gasteiger partial charge in [-0.3, -0.25) is 10.2 Å². The van der Waals surface area contributed by atoms with Crippen molar-refractivity contribution in [3.63, 3.8) is 0 Å². The number of nitrogens with one attached hydrogen (secondary N) is 3. The van der Waals surface area contributed by atoms with E-state index in [1.807, 2.05) is 36.2 Å². The van der Waals surface area contributed by atoms with E-state index in [0.29, 0.717) is 12.6 Å². The predicted molar refractivity (Wildman–Crippen MR) is 117 cm³/mol. The van der Waals surface area contributed by atoms with Crippen LogP contribution in [0.5, 0.6) is 5.75 Å². The lowest BCUT2D eigenvalue weighted by Crippen LogP contribution is -2.31. The molecule has 0 spiro atoms. The van der Waals surface area contributed by atoms with Crippen molar-refractivity contribution in [3.05, 3.63) is 59.1 Å². The first-order chi connectivity index (χ1) is 15.2. The van der Waals surface area contributed by atoms with Gasteiger partial charge in [-0.1, -0.05) is 0 Å². The molecule has 2 aliphatic rings. The first kappa shape index (κ1) is 19.3. The van der Waals surface area contributed by atoms with E-state index in [4.69, 9.17) is 9.72 Å². The predicted octanol–water partition coefficient (Wildman–Crippen LogP) is 2.62. The molecule has 10 heteroatoms. The molecule has 1 aliphatic heterocycles. The fourth-order valence-electron chi connectivity index (χ4n) is 4.05. The van der Waals surface area contributed by atoms with E-state index in [-0.39, 0.29) is 17.6 Å². The first-order valence-electron chi connectivity index (χ1n) is 10.4. The van der Waals surface area contributed by atoms with E-state index in [1.54, 1.807) is 29.2 Å². The summed E-state index contributed by atoms with van der Waals surface area (Å²) < 4.78 is 7.09. The summed E-state index contributed by atoms with van der Waals surface area (Å²) in [7, 11) is 0. The molecule has 2 aromatic heterocycles. The van der Waals surface area contributed by atoms with Crippen molar-refractivity contribution in [2.75, 3.05) is 22.4 Å². The van der Waals surface area contributed by atoms with Gasteiger partial charge in [-0.25, -0.2) is 14.7 Å². The number of hydrogen-bond acceptors (Lipinski definition) is 9. The van der Waals surface area contributed by atoms with Crippen LogP contribution in [0, 0.1) is 0 Å². The molecular weight excluding hydrogens is 396 g/mol. The third-order valence-electron chi connectivity index (χ3n) is 5.51. The van der Waals surface area contributed by atoms with Gasteiger partial charge in [0, 0.05) is 18.3 Å². The number of anilines is 4. The Balaban J connectivity index is 1.30. The highest BCUT2D eigenvalue weighted by Gasteiger charge is 2.29. The van der Waals surface area contributed by atoms with Crippen LogP contribution in [-0.4, -0.2) is 32.4 Å². The van der Waals surface area contributed by atoms with E-state index in [2.05, 4.69) is 26.4 Å². The zero-order valence-corrected chi connectivity index (χ0v) is 17.2. The molecule has 1 fully saturated rings. The van der Waals surface area contributed by atoms with Gasteiger partial charge in [-0.2, -0.15) is 10.1 Å². The average Bonchev–Trinajstić information content (AvgIpc) is 3.42. The molecule has 31 heavy (non-hydrogen) atoms. The normalized spacial score (nSPS) is 19.7. The van der Waals surface area contributed by atoms with Crippen LogP contribution in [0.1, 0.15) is 32.2 Å². The van der Waals surface area contributed by atoms with Crippen molar-refractivity contribution >= 4 is 23.1 Å². The third-order valence-corrected chi connectivity index (χ3v) is 5.51. The maximum atomic E-state index is 12.1.